The van der Waals surface area contributed by atoms with Gasteiger partial charge in [-0.25, -0.2) is 9.97 Å². The van der Waals surface area contributed by atoms with Crippen LogP contribution in [0.15, 0.2) is 61.1 Å². The molecule has 0 bridgehead atoms. The van der Waals surface area contributed by atoms with Crippen molar-refractivity contribution in [1.82, 2.24) is 19.9 Å². The highest BCUT2D eigenvalue weighted by atomic mass is 16.5. The third-order valence-corrected chi connectivity index (χ3v) is 3.92. The number of hydrogen-bond acceptors (Lipinski definition) is 6. The molecule has 0 aliphatic rings. The van der Waals surface area contributed by atoms with Crippen molar-refractivity contribution >= 4 is 34.3 Å². The van der Waals surface area contributed by atoms with Gasteiger partial charge in [-0.05, 0) is 36.4 Å². The Bertz CT molecular complexity index is 1090. The molecule has 1 aromatic carbocycles. The quantitative estimate of drug-likeness (QED) is 0.504. The third kappa shape index (κ3) is 3.69. The Morgan fingerprint density at radius 1 is 1.11 bits per heavy atom. The fraction of sp³-hybridized carbons (Fsp3) is 0.0526. The van der Waals surface area contributed by atoms with Crippen LogP contribution in [0.2, 0.25) is 0 Å². The molecule has 0 atom stereocenters. The zero-order valence-corrected chi connectivity index (χ0v) is 14.4. The van der Waals surface area contributed by atoms with Gasteiger partial charge in [-0.2, -0.15) is 4.98 Å². The van der Waals surface area contributed by atoms with Crippen molar-refractivity contribution in [3.63, 3.8) is 0 Å². The first-order valence-corrected chi connectivity index (χ1v) is 8.20. The molecule has 3 heterocycles. The molecule has 1 amide bonds. The van der Waals surface area contributed by atoms with Crippen molar-refractivity contribution in [2.45, 2.75) is 0 Å². The van der Waals surface area contributed by atoms with Gasteiger partial charge in [0.1, 0.15) is 5.82 Å². The van der Waals surface area contributed by atoms with Crippen LogP contribution in [0.4, 0.5) is 17.5 Å². The molecule has 27 heavy (non-hydrogen) atoms. The summed E-state index contributed by atoms with van der Waals surface area (Å²) in [5.74, 6) is 1.14. The standard InChI is InChI=1S/C19H16N6O2/c1-27-17-7-9-21-19(25-17)23-14-4-2-12(3-5-14)18(26)24-16-10-13-6-8-20-15(13)11-22-16/h2-11,20H,1H3,(H,21,23,25)(H,22,24,26). The van der Waals surface area contributed by atoms with E-state index in [0.717, 1.165) is 16.6 Å². The molecule has 0 aliphatic heterocycles. The van der Waals surface area contributed by atoms with E-state index in [4.69, 9.17) is 4.74 Å². The maximum absolute atomic E-state index is 12.4. The van der Waals surface area contributed by atoms with Crippen LogP contribution >= 0.6 is 0 Å². The van der Waals surface area contributed by atoms with Crippen molar-refractivity contribution in [2.75, 3.05) is 17.7 Å². The lowest BCUT2D eigenvalue weighted by Crippen LogP contribution is -2.12. The highest BCUT2D eigenvalue weighted by Crippen LogP contribution is 2.18. The summed E-state index contributed by atoms with van der Waals surface area (Å²) < 4.78 is 5.07. The summed E-state index contributed by atoms with van der Waals surface area (Å²) in [7, 11) is 1.54. The van der Waals surface area contributed by atoms with E-state index in [1.54, 1.807) is 49.8 Å². The molecule has 0 unspecified atom stereocenters. The summed E-state index contributed by atoms with van der Waals surface area (Å²) in [5, 5.41) is 6.85. The number of ether oxygens (including phenoxy) is 1. The van der Waals surface area contributed by atoms with Crippen molar-refractivity contribution in [2.24, 2.45) is 0 Å². The second kappa shape index (κ2) is 7.12. The number of benzene rings is 1. The van der Waals surface area contributed by atoms with E-state index in [2.05, 4.69) is 30.6 Å². The summed E-state index contributed by atoms with van der Waals surface area (Å²) in [6, 6.07) is 12.4. The van der Waals surface area contributed by atoms with Crippen LogP contribution in [0.5, 0.6) is 5.88 Å². The number of anilines is 3. The molecule has 0 fully saturated rings. The minimum atomic E-state index is -0.235. The number of carbonyl (C=O) groups excluding carboxylic acids is 1. The molecule has 0 radical (unpaired) electrons. The Labute approximate surface area is 154 Å². The van der Waals surface area contributed by atoms with E-state index in [-0.39, 0.29) is 5.91 Å². The van der Waals surface area contributed by atoms with E-state index in [1.807, 2.05) is 18.3 Å². The van der Waals surface area contributed by atoms with Gasteiger partial charge in [-0.15, -0.1) is 0 Å². The average molecular weight is 360 g/mol. The molecule has 0 saturated heterocycles. The van der Waals surface area contributed by atoms with Crippen molar-refractivity contribution in [3.05, 3.63) is 66.6 Å². The second-order valence-electron chi connectivity index (χ2n) is 5.71. The maximum Gasteiger partial charge on any atom is 0.256 e. The van der Waals surface area contributed by atoms with Crippen LogP contribution in [0, 0.1) is 0 Å². The Morgan fingerprint density at radius 3 is 2.78 bits per heavy atom. The van der Waals surface area contributed by atoms with Gasteiger partial charge >= 0.3 is 0 Å². The zero-order valence-electron chi connectivity index (χ0n) is 14.4. The minimum absolute atomic E-state index is 0.235. The van der Waals surface area contributed by atoms with Gasteiger partial charge in [-0.1, -0.05) is 0 Å². The van der Waals surface area contributed by atoms with Gasteiger partial charge in [0.15, 0.2) is 0 Å². The van der Waals surface area contributed by atoms with E-state index < -0.39 is 0 Å². The summed E-state index contributed by atoms with van der Waals surface area (Å²) in [5.41, 5.74) is 2.19. The Hall–Kier alpha value is -3.94. The number of amides is 1. The summed E-state index contributed by atoms with van der Waals surface area (Å²) in [6.45, 7) is 0. The number of carbonyl (C=O) groups is 1. The summed E-state index contributed by atoms with van der Waals surface area (Å²) in [6.07, 6.45) is 5.12. The first kappa shape index (κ1) is 16.5. The smallest absolute Gasteiger partial charge is 0.256 e. The monoisotopic (exact) mass is 360 g/mol. The van der Waals surface area contributed by atoms with Crippen LogP contribution in [0.25, 0.3) is 10.9 Å². The van der Waals surface area contributed by atoms with E-state index in [0.29, 0.717) is 23.2 Å². The molecule has 8 heteroatoms. The third-order valence-electron chi connectivity index (χ3n) is 3.92. The van der Waals surface area contributed by atoms with Gasteiger partial charge in [-0.3, -0.25) is 4.79 Å². The highest BCUT2D eigenvalue weighted by molar-refractivity contribution is 6.04. The molecule has 8 nitrogen and oxygen atoms in total. The van der Waals surface area contributed by atoms with Crippen molar-refractivity contribution < 1.29 is 9.53 Å². The first-order valence-electron chi connectivity index (χ1n) is 8.20. The number of aromatic amines is 1. The van der Waals surface area contributed by atoms with Crippen molar-refractivity contribution in [1.29, 1.82) is 0 Å². The number of H-pyrrole nitrogens is 1. The highest BCUT2D eigenvalue weighted by Gasteiger charge is 2.08. The number of nitrogens with one attached hydrogen (secondary N) is 3. The molecule has 134 valence electrons. The molecule has 0 aliphatic carbocycles. The van der Waals surface area contributed by atoms with Gasteiger partial charge in [0.2, 0.25) is 11.8 Å². The fourth-order valence-corrected chi connectivity index (χ4v) is 2.56. The SMILES string of the molecule is COc1ccnc(Nc2ccc(C(=O)Nc3cc4cc[nH]c4cn3)cc2)n1. The van der Waals surface area contributed by atoms with Crippen LogP contribution in [0.3, 0.4) is 0 Å². The predicted octanol–water partition coefficient (Wildman–Crippen LogP) is 3.36. The zero-order chi connectivity index (χ0) is 18.6. The number of fused-ring (bicyclic) bond motifs is 1. The molecule has 4 aromatic rings. The lowest BCUT2D eigenvalue weighted by Gasteiger charge is -2.08. The molecule has 4 rings (SSSR count). The molecule has 3 aromatic heterocycles. The predicted molar refractivity (Wildman–Crippen MR) is 102 cm³/mol. The number of hydrogen-bond donors (Lipinski definition) is 3. The van der Waals surface area contributed by atoms with Gasteiger partial charge in [0.05, 0.1) is 18.8 Å². The van der Waals surface area contributed by atoms with Gasteiger partial charge < -0.3 is 20.4 Å². The molecular formula is C19H16N6O2. The largest absolute Gasteiger partial charge is 0.481 e. The van der Waals surface area contributed by atoms with Crippen LogP contribution < -0.4 is 15.4 Å². The normalized spacial score (nSPS) is 10.6. The average Bonchev–Trinajstić information content (AvgIpc) is 3.16. The Kier molecular flexibility index (Phi) is 4.36. The van der Waals surface area contributed by atoms with E-state index >= 15 is 0 Å². The topological polar surface area (TPSA) is 105 Å². The molecule has 0 spiro atoms. The molecule has 0 saturated carbocycles. The van der Waals surface area contributed by atoms with Gasteiger partial charge in [0, 0.05) is 35.1 Å². The molecule has 3 N–H and O–H groups in total. The number of rotatable bonds is 5. The Morgan fingerprint density at radius 2 is 1.96 bits per heavy atom. The minimum Gasteiger partial charge on any atom is -0.481 e. The van der Waals surface area contributed by atoms with Crippen LogP contribution in [0.1, 0.15) is 10.4 Å². The number of pyridine rings is 1. The summed E-state index contributed by atoms with van der Waals surface area (Å²) in [4.78, 5) is 28.0. The number of nitrogens with zero attached hydrogens (tertiary/aromatic N) is 3. The maximum atomic E-state index is 12.4. The lowest BCUT2D eigenvalue weighted by atomic mass is 10.2. The second-order valence-corrected chi connectivity index (χ2v) is 5.71. The van der Waals surface area contributed by atoms with E-state index in [1.165, 1.54) is 0 Å². The number of aromatic nitrogens is 4. The van der Waals surface area contributed by atoms with Crippen LogP contribution in [-0.2, 0) is 0 Å². The van der Waals surface area contributed by atoms with E-state index in [9.17, 15) is 4.79 Å². The lowest BCUT2D eigenvalue weighted by molar-refractivity contribution is 0.102. The van der Waals surface area contributed by atoms with Crippen molar-refractivity contribution in [3.8, 4) is 5.88 Å². The fourth-order valence-electron chi connectivity index (χ4n) is 2.56. The summed E-state index contributed by atoms with van der Waals surface area (Å²) >= 11 is 0. The van der Waals surface area contributed by atoms with Gasteiger partial charge in [0.25, 0.3) is 5.91 Å². The Balaban J connectivity index is 1.45. The van der Waals surface area contributed by atoms with Crippen LogP contribution in [-0.4, -0.2) is 33.0 Å². The first-order chi connectivity index (χ1) is 13.2. The number of methoxy groups -OCH3 is 1. The molecular weight excluding hydrogens is 344 g/mol.